The Labute approximate surface area is 159 Å². The number of nitrogens with one attached hydrogen (secondary N) is 1. The fourth-order valence-electron chi connectivity index (χ4n) is 2.94. The number of nitrogens with zero attached hydrogens (tertiary/aromatic N) is 2. The van der Waals surface area contributed by atoms with Crippen LogP contribution in [0.3, 0.4) is 0 Å². The number of amides is 1. The second-order valence-corrected chi connectivity index (χ2v) is 7.66. The second kappa shape index (κ2) is 7.43. The van der Waals surface area contributed by atoms with Gasteiger partial charge in [-0.25, -0.2) is 12.8 Å². The molecule has 0 saturated carbocycles. The van der Waals surface area contributed by atoms with E-state index in [4.69, 9.17) is 4.74 Å². The van der Waals surface area contributed by atoms with Crippen molar-refractivity contribution < 1.29 is 27.3 Å². The molecule has 11 heteroatoms. The zero-order valence-electron chi connectivity index (χ0n) is 14.7. The lowest BCUT2D eigenvalue weighted by Crippen LogP contribution is -2.24. The highest BCUT2D eigenvalue weighted by Gasteiger charge is 2.28. The van der Waals surface area contributed by atoms with E-state index >= 15 is 0 Å². The molecule has 2 aromatic carbocycles. The molecular weight excluding hydrogens is 393 g/mol. The van der Waals surface area contributed by atoms with Crippen LogP contribution in [0.1, 0.15) is 12.8 Å². The van der Waals surface area contributed by atoms with Crippen LogP contribution in [-0.2, 0) is 14.8 Å². The van der Waals surface area contributed by atoms with Crippen molar-refractivity contribution in [2.75, 3.05) is 23.3 Å². The van der Waals surface area contributed by atoms with Gasteiger partial charge >= 0.3 is 0 Å². The molecule has 0 atom stereocenters. The van der Waals surface area contributed by atoms with Gasteiger partial charge in [0.25, 0.3) is 15.7 Å². The monoisotopic (exact) mass is 409 g/mol. The summed E-state index contributed by atoms with van der Waals surface area (Å²) in [4.78, 5) is 22.9. The summed E-state index contributed by atoms with van der Waals surface area (Å²) in [6.07, 6.45) is 1.14. The average molecular weight is 409 g/mol. The Morgan fingerprint density at radius 3 is 2.61 bits per heavy atom. The number of halogens is 1. The number of rotatable bonds is 6. The number of sulfonamides is 1. The van der Waals surface area contributed by atoms with E-state index in [2.05, 4.69) is 4.72 Å². The normalized spacial score (nSPS) is 14.2. The van der Waals surface area contributed by atoms with E-state index in [1.165, 1.54) is 25.3 Å². The van der Waals surface area contributed by atoms with Gasteiger partial charge in [0.05, 0.1) is 29.5 Å². The summed E-state index contributed by atoms with van der Waals surface area (Å²) in [6, 6.07) is 6.49. The van der Waals surface area contributed by atoms with E-state index in [0.29, 0.717) is 31.1 Å². The number of ether oxygens (including phenoxy) is 1. The van der Waals surface area contributed by atoms with Gasteiger partial charge in [0.1, 0.15) is 11.6 Å². The van der Waals surface area contributed by atoms with Crippen molar-refractivity contribution in [3.05, 3.63) is 52.3 Å². The molecule has 1 heterocycles. The van der Waals surface area contributed by atoms with E-state index in [0.717, 1.165) is 12.1 Å². The Balaban J connectivity index is 1.95. The molecule has 1 saturated heterocycles. The Morgan fingerprint density at radius 2 is 2.00 bits per heavy atom. The number of hydrogen-bond donors (Lipinski definition) is 1. The average Bonchev–Trinajstić information content (AvgIpc) is 3.06. The molecule has 0 aliphatic carbocycles. The van der Waals surface area contributed by atoms with Crippen molar-refractivity contribution in [1.82, 2.24) is 0 Å². The summed E-state index contributed by atoms with van der Waals surface area (Å²) in [5.41, 5.74) is -0.301. The molecule has 2 aromatic rings. The summed E-state index contributed by atoms with van der Waals surface area (Å²) in [7, 11) is -2.99. The molecule has 0 spiro atoms. The molecule has 1 fully saturated rings. The third kappa shape index (κ3) is 3.74. The van der Waals surface area contributed by atoms with Crippen molar-refractivity contribution in [3.8, 4) is 5.75 Å². The van der Waals surface area contributed by atoms with Gasteiger partial charge in [0.2, 0.25) is 5.91 Å². The smallest absolute Gasteiger partial charge is 0.292 e. The van der Waals surface area contributed by atoms with E-state index in [1.54, 1.807) is 4.90 Å². The number of anilines is 2. The summed E-state index contributed by atoms with van der Waals surface area (Å²) >= 11 is 0. The number of hydrogen-bond acceptors (Lipinski definition) is 6. The maximum atomic E-state index is 13.3. The highest BCUT2D eigenvalue weighted by Crippen LogP contribution is 2.35. The summed E-state index contributed by atoms with van der Waals surface area (Å²) in [5.74, 6) is -0.718. The minimum atomic E-state index is -4.37. The van der Waals surface area contributed by atoms with Crippen molar-refractivity contribution in [1.29, 1.82) is 0 Å². The molecule has 1 aliphatic heterocycles. The largest absolute Gasteiger partial charge is 0.494 e. The SMILES string of the molecule is COc1cc(NS(=O)(=O)c2ccc(F)cc2[N+](=O)[O-])ccc1N1CCCC1=O. The summed E-state index contributed by atoms with van der Waals surface area (Å²) < 4.78 is 45.9. The summed E-state index contributed by atoms with van der Waals surface area (Å²) in [5, 5.41) is 11.1. The van der Waals surface area contributed by atoms with Crippen LogP contribution >= 0.6 is 0 Å². The van der Waals surface area contributed by atoms with Crippen LogP contribution in [0, 0.1) is 15.9 Å². The quantitative estimate of drug-likeness (QED) is 0.579. The highest BCUT2D eigenvalue weighted by atomic mass is 32.2. The molecule has 0 bridgehead atoms. The Morgan fingerprint density at radius 1 is 1.25 bits per heavy atom. The van der Waals surface area contributed by atoms with E-state index in [1.807, 2.05) is 0 Å². The van der Waals surface area contributed by atoms with Gasteiger partial charge in [-0.1, -0.05) is 0 Å². The standard InChI is InChI=1S/C17H16FN3O6S/c1-27-15-10-12(5-6-13(15)20-8-2-3-17(20)22)19-28(25,26)16-7-4-11(18)9-14(16)21(23)24/h4-7,9-10,19H,2-3,8H2,1H3. The van der Waals surface area contributed by atoms with Crippen molar-refractivity contribution in [2.24, 2.45) is 0 Å². The van der Waals surface area contributed by atoms with Crippen LogP contribution in [0.5, 0.6) is 5.75 Å². The molecule has 0 aromatic heterocycles. The van der Waals surface area contributed by atoms with Crippen LogP contribution in [0.15, 0.2) is 41.3 Å². The Bertz CT molecular complexity index is 1060. The molecule has 1 aliphatic rings. The van der Waals surface area contributed by atoms with Crippen LogP contribution in [-0.4, -0.2) is 32.9 Å². The lowest BCUT2D eigenvalue weighted by atomic mass is 10.2. The first kappa shape index (κ1) is 19.5. The summed E-state index contributed by atoms with van der Waals surface area (Å²) in [6.45, 7) is 0.530. The van der Waals surface area contributed by atoms with Gasteiger partial charge < -0.3 is 9.64 Å². The minimum Gasteiger partial charge on any atom is -0.494 e. The number of nitro groups is 1. The van der Waals surface area contributed by atoms with E-state index < -0.39 is 31.3 Å². The maximum absolute atomic E-state index is 13.3. The van der Waals surface area contributed by atoms with E-state index in [-0.39, 0.29) is 17.3 Å². The van der Waals surface area contributed by atoms with Crippen LogP contribution in [0.2, 0.25) is 0 Å². The molecule has 0 unspecified atom stereocenters. The first-order chi connectivity index (χ1) is 13.2. The first-order valence-electron chi connectivity index (χ1n) is 8.18. The van der Waals surface area contributed by atoms with Crippen molar-refractivity contribution in [2.45, 2.75) is 17.7 Å². The number of benzene rings is 2. The molecule has 1 amide bonds. The minimum absolute atomic E-state index is 0.0615. The lowest BCUT2D eigenvalue weighted by molar-refractivity contribution is -0.388. The van der Waals surface area contributed by atoms with Crippen molar-refractivity contribution in [3.63, 3.8) is 0 Å². The van der Waals surface area contributed by atoms with Gasteiger partial charge in [-0.15, -0.1) is 0 Å². The van der Waals surface area contributed by atoms with Crippen LogP contribution < -0.4 is 14.4 Å². The fourth-order valence-corrected chi connectivity index (χ4v) is 4.14. The highest BCUT2D eigenvalue weighted by molar-refractivity contribution is 7.92. The Hall–Kier alpha value is -3.21. The third-order valence-corrected chi connectivity index (χ3v) is 5.63. The third-order valence-electron chi connectivity index (χ3n) is 4.20. The maximum Gasteiger partial charge on any atom is 0.292 e. The molecule has 28 heavy (non-hydrogen) atoms. The number of methoxy groups -OCH3 is 1. The molecule has 0 radical (unpaired) electrons. The molecule has 9 nitrogen and oxygen atoms in total. The van der Waals surface area contributed by atoms with Crippen LogP contribution in [0.25, 0.3) is 0 Å². The van der Waals surface area contributed by atoms with Gasteiger partial charge in [-0.2, -0.15) is 0 Å². The number of nitro benzene ring substituents is 1. The predicted molar refractivity (Wildman–Crippen MR) is 98.4 cm³/mol. The Kier molecular flexibility index (Phi) is 5.18. The number of carbonyl (C=O) groups excluding carboxylic acids is 1. The molecule has 148 valence electrons. The van der Waals surface area contributed by atoms with Gasteiger partial charge in [-0.05, 0) is 30.7 Å². The molecular formula is C17H16FN3O6S. The lowest BCUT2D eigenvalue weighted by Gasteiger charge is -2.20. The zero-order valence-corrected chi connectivity index (χ0v) is 15.5. The van der Waals surface area contributed by atoms with Gasteiger partial charge in [0.15, 0.2) is 4.90 Å². The zero-order chi connectivity index (χ0) is 20.5. The first-order valence-corrected chi connectivity index (χ1v) is 9.66. The van der Waals surface area contributed by atoms with Crippen LogP contribution in [0.4, 0.5) is 21.5 Å². The topological polar surface area (TPSA) is 119 Å². The molecule has 3 rings (SSSR count). The van der Waals surface area contributed by atoms with Gasteiger partial charge in [0, 0.05) is 19.0 Å². The van der Waals surface area contributed by atoms with Crippen molar-refractivity contribution >= 4 is 33.0 Å². The fraction of sp³-hybridized carbons (Fsp3) is 0.235. The van der Waals surface area contributed by atoms with Gasteiger partial charge in [-0.3, -0.25) is 19.6 Å². The predicted octanol–water partition coefficient (Wildman–Crippen LogP) is 2.67. The molecule has 1 N–H and O–H groups in total. The van der Waals surface area contributed by atoms with E-state index in [9.17, 15) is 27.7 Å². The second-order valence-electron chi connectivity index (χ2n) is 6.01. The number of carbonyl (C=O) groups is 1.